The van der Waals surface area contributed by atoms with E-state index in [0.717, 1.165) is 16.6 Å². The summed E-state index contributed by atoms with van der Waals surface area (Å²) in [6.07, 6.45) is 0.0485. The van der Waals surface area contributed by atoms with E-state index in [4.69, 9.17) is 4.74 Å². The second kappa shape index (κ2) is 6.91. The molecule has 23 heavy (non-hydrogen) atoms. The summed E-state index contributed by atoms with van der Waals surface area (Å²) in [4.78, 5) is 25.9. The molecule has 2 amide bonds. The van der Waals surface area contributed by atoms with Crippen molar-refractivity contribution in [1.82, 2.24) is 0 Å². The van der Waals surface area contributed by atoms with Crippen LogP contribution in [0.1, 0.15) is 32.8 Å². The molecule has 1 aliphatic heterocycles. The zero-order valence-electron chi connectivity index (χ0n) is 14.0. The molecule has 1 aromatic rings. The molecule has 1 saturated heterocycles. The molecule has 1 aromatic carbocycles. The zero-order chi connectivity index (χ0) is 17.2. The van der Waals surface area contributed by atoms with E-state index in [-0.39, 0.29) is 5.91 Å². The summed E-state index contributed by atoms with van der Waals surface area (Å²) in [7, 11) is 0. The SMILES string of the molecule is Cc1ccc(NC(=O)OC(C)(C)C)cc1N1CC(CBr)CC1=O. The Balaban J connectivity index is 2.16. The molecule has 2 rings (SSSR count). The van der Waals surface area contributed by atoms with Gasteiger partial charge in [-0.1, -0.05) is 22.0 Å². The molecule has 0 aromatic heterocycles. The van der Waals surface area contributed by atoms with Gasteiger partial charge in [0.25, 0.3) is 0 Å². The van der Waals surface area contributed by atoms with Gasteiger partial charge in [-0.25, -0.2) is 4.79 Å². The maximum atomic E-state index is 12.2. The number of aryl methyl sites for hydroxylation is 1. The van der Waals surface area contributed by atoms with Crippen molar-refractivity contribution in [3.8, 4) is 0 Å². The second-order valence-corrected chi connectivity index (χ2v) is 7.50. The second-order valence-electron chi connectivity index (χ2n) is 6.86. The number of benzene rings is 1. The van der Waals surface area contributed by atoms with Gasteiger partial charge in [0.05, 0.1) is 0 Å². The fraction of sp³-hybridized carbons (Fsp3) is 0.529. The number of anilines is 2. The first kappa shape index (κ1) is 17.8. The van der Waals surface area contributed by atoms with Gasteiger partial charge in [-0.15, -0.1) is 0 Å². The molecule has 0 bridgehead atoms. The van der Waals surface area contributed by atoms with Gasteiger partial charge in [0.15, 0.2) is 0 Å². The fourth-order valence-electron chi connectivity index (χ4n) is 2.52. The van der Waals surface area contributed by atoms with E-state index in [1.807, 2.05) is 45.9 Å². The van der Waals surface area contributed by atoms with Crippen molar-refractivity contribution in [2.24, 2.45) is 5.92 Å². The molecule has 0 spiro atoms. The molecule has 0 radical (unpaired) electrons. The van der Waals surface area contributed by atoms with Crippen LogP contribution in [0.2, 0.25) is 0 Å². The van der Waals surface area contributed by atoms with Crippen LogP contribution in [0, 0.1) is 12.8 Å². The summed E-state index contributed by atoms with van der Waals surface area (Å²) in [5, 5.41) is 3.53. The molecular formula is C17H23BrN2O3. The molecular weight excluding hydrogens is 360 g/mol. The number of nitrogens with one attached hydrogen (secondary N) is 1. The van der Waals surface area contributed by atoms with Crippen molar-refractivity contribution in [3.63, 3.8) is 0 Å². The van der Waals surface area contributed by atoms with Gasteiger partial charge in [-0.3, -0.25) is 10.1 Å². The molecule has 1 fully saturated rings. The number of halogens is 1. The number of hydrogen-bond donors (Lipinski definition) is 1. The van der Waals surface area contributed by atoms with E-state index in [1.165, 1.54) is 0 Å². The highest BCUT2D eigenvalue weighted by Gasteiger charge is 2.30. The Bertz CT molecular complexity index is 610. The highest BCUT2D eigenvalue weighted by atomic mass is 79.9. The third-order valence-electron chi connectivity index (χ3n) is 3.57. The molecule has 0 saturated carbocycles. The monoisotopic (exact) mass is 382 g/mol. The van der Waals surface area contributed by atoms with Crippen LogP contribution in [0.3, 0.4) is 0 Å². The Morgan fingerprint density at radius 2 is 2.13 bits per heavy atom. The van der Waals surface area contributed by atoms with Crippen LogP contribution >= 0.6 is 15.9 Å². The molecule has 1 atom stereocenters. The van der Waals surface area contributed by atoms with Crippen molar-refractivity contribution in [2.75, 3.05) is 22.1 Å². The van der Waals surface area contributed by atoms with Gasteiger partial charge >= 0.3 is 6.09 Å². The number of nitrogens with zero attached hydrogens (tertiary/aromatic N) is 1. The van der Waals surface area contributed by atoms with E-state index in [1.54, 1.807) is 4.90 Å². The third kappa shape index (κ3) is 4.70. The number of alkyl halides is 1. The third-order valence-corrected chi connectivity index (χ3v) is 4.48. The smallest absolute Gasteiger partial charge is 0.412 e. The Hall–Kier alpha value is -1.56. The van der Waals surface area contributed by atoms with Gasteiger partial charge in [-0.2, -0.15) is 0 Å². The Kier molecular flexibility index (Phi) is 5.34. The minimum absolute atomic E-state index is 0.118. The lowest BCUT2D eigenvalue weighted by Gasteiger charge is -2.22. The lowest BCUT2D eigenvalue weighted by atomic mass is 10.1. The number of carbonyl (C=O) groups excluding carboxylic acids is 2. The average molecular weight is 383 g/mol. The molecule has 0 aliphatic carbocycles. The Labute approximate surface area is 145 Å². The van der Waals surface area contributed by atoms with Crippen LogP contribution in [-0.4, -0.2) is 29.5 Å². The minimum Gasteiger partial charge on any atom is -0.444 e. The van der Waals surface area contributed by atoms with Crippen molar-refractivity contribution >= 4 is 39.3 Å². The molecule has 5 nitrogen and oxygen atoms in total. The highest BCUT2D eigenvalue weighted by molar-refractivity contribution is 9.09. The van der Waals surface area contributed by atoms with Crippen molar-refractivity contribution in [3.05, 3.63) is 23.8 Å². The Morgan fingerprint density at radius 1 is 1.43 bits per heavy atom. The van der Waals surface area contributed by atoms with Gasteiger partial charge in [0.2, 0.25) is 5.91 Å². The molecule has 1 heterocycles. The van der Waals surface area contributed by atoms with Gasteiger partial charge in [-0.05, 0) is 51.3 Å². The van der Waals surface area contributed by atoms with Crippen LogP contribution in [0.5, 0.6) is 0 Å². The quantitative estimate of drug-likeness (QED) is 0.800. The molecule has 1 aliphatic rings. The molecule has 1 N–H and O–H groups in total. The molecule has 6 heteroatoms. The van der Waals surface area contributed by atoms with Gasteiger partial charge < -0.3 is 9.64 Å². The van der Waals surface area contributed by atoms with Crippen LogP contribution < -0.4 is 10.2 Å². The fourth-order valence-corrected chi connectivity index (χ4v) is 2.95. The zero-order valence-corrected chi connectivity index (χ0v) is 15.6. The topological polar surface area (TPSA) is 58.6 Å². The average Bonchev–Trinajstić information content (AvgIpc) is 2.80. The normalized spacial score (nSPS) is 18.2. The van der Waals surface area contributed by atoms with Crippen LogP contribution in [0.15, 0.2) is 18.2 Å². The van der Waals surface area contributed by atoms with E-state index >= 15 is 0 Å². The first-order chi connectivity index (χ1) is 10.7. The lowest BCUT2D eigenvalue weighted by molar-refractivity contribution is -0.117. The first-order valence-electron chi connectivity index (χ1n) is 7.66. The summed E-state index contributed by atoms with van der Waals surface area (Å²) in [5.74, 6) is 0.441. The lowest BCUT2D eigenvalue weighted by Crippen LogP contribution is -2.28. The van der Waals surface area contributed by atoms with Crippen LogP contribution in [-0.2, 0) is 9.53 Å². The number of amides is 2. The molecule has 126 valence electrons. The highest BCUT2D eigenvalue weighted by Crippen LogP contribution is 2.31. The van der Waals surface area contributed by atoms with Crippen LogP contribution in [0.25, 0.3) is 0 Å². The maximum absolute atomic E-state index is 12.2. The van der Waals surface area contributed by atoms with Crippen molar-refractivity contribution in [1.29, 1.82) is 0 Å². The molecule has 1 unspecified atom stereocenters. The maximum Gasteiger partial charge on any atom is 0.412 e. The van der Waals surface area contributed by atoms with Gasteiger partial charge in [0.1, 0.15) is 5.60 Å². The standard InChI is InChI=1S/C17H23BrN2O3/c1-11-5-6-13(19-16(22)23-17(2,3)4)8-14(11)20-10-12(9-18)7-15(20)21/h5-6,8,12H,7,9-10H2,1-4H3,(H,19,22). The van der Waals surface area contributed by atoms with E-state index in [9.17, 15) is 9.59 Å². The van der Waals surface area contributed by atoms with E-state index < -0.39 is 11.7 Å². The van der Waals surface area contributed by atoms with E-state index in [2.05, 4.69) is 21.2 Å². The summed E-state index contributed by atoms with van der Waals surface area (Å²) in [6, 6.07) is 5.54. The predicted octanol–water partition coefficient (Wildman–Crippen LogP) is 4.09. The summed E-state index contributed by atoms with van der Waals surface area (Å²) in [6.45, 7) is 8.10. The number of hydrogen-bond acceptors (Lipinski definition) is 3. The first-order valence-corrected chi connectivity index (χ1v) is 8.79. The van der Waals surface area contributed by atoms with E-state index in [0.29, 0.717) is 24.6 Å². The number of ether oxygens (including phenoxy) is 1. The van der Waals surface area contributed by atoms with Gasteiger partial charge in [0, 0.05) is 29.7 Å². The summed E-state index contributed by atoms with van der Waals surface area (Å²) in [5.41, 5.74) is 1.91. The minimum atomic E-state index is -0.550. The number of carbonyl (C=O) groups is 2. The van der Waals surface area contributed by atoms with Crippen LogP contribution in [0.4, 0.5) is 16.2 Å². The largest absolute Gasteiger partial charge is 0.444 e. The van der Waals surface area contributed by atoms with Crippen molar-refractivity contribution in [2.45, 2.75) is 39.7 Å². The number of rotatable bonds is 3. The summed E-state index contributed by atoms with van der Waals surface area (Å²) < 4.78 is 5.26. The predicted molar refractivity (Wildman–Crippen MR) is 95.3 cm³/mol. The van der Waals surface area contributed by atoms with Crippen molar-refractivity contribution < 1.29 is 14.3 Å². The summed E-state index contributed by atoms with van der Waals surface area (Å²) >= 11 is 3.44. The Morgan fingerprint density at radius 3 is 2.70 bits per heavy atom.